The standard InChI is InChI=1S/C10H14N2O2/c1-7-3-4-8(5-9(7)11)12(2)6-10(13)14/h3-5H,6,11H2,1-2H3,(H,13,14). The zero-order valence-corrected chi connectivity index (χ0v) is 8.32. The van der Waals surface area contributed by atoms with Crippen LogP contribution >= 0.6 is 0 Å². The third-order valence-electron chi connectivity index (χ3n) is 2.08. The highest BCUT2D eigenvalue weighted by Crippen LogP contribution is 2.19. The van der Waals surface area contributed by atoms with E-state index in [4.69, 9.17) is 10.8 Å². The Kier molecular flexibility index (Phi) is 2.96. The van der Waals surface area contributed by atoms with Crippen LogP contribution in [0.25, 0.3) is 0 Å². The molecule has 14 heavy (non-hydrogen) atoms. The number of benzene rings is 1. The van der Waals surface area contributed by atoms with Crippen molar-refractivity contribution in [3.63, 3.8) is 0 Å². The maximum atomic E-state index is 10.5. The summed E-state index contributed by atoms with van der Waals surface area (Å²) in [6.07, 6.45) is 0. The smallest absolute Gasteiger partial charge is 0.323 e. The van der Waals surface area contributed by atoms with Gasteiger partial charge < -0.3 is 15.7 Å². The summed E-state index contributed by atoms with van der Waals surface area (Å²) in [7, 11) is 1.72. The molecule has 0 bridgehead atoms. The highest BCUT2D eigenvalue weighted by molar-refractivity contribution is 5.74. The zero-order chi connectivity index (χ0) is 10.7. The Bertz CT molecular complexity index is 350. The lowest BCUT2D eigenvalue weighted by atomic mass is 10.2. The highest BCUT2D eigenvalue weighted by atomic mass is 16.4. The number of anilines is 2. The van der Waals surface area contributed by atoms with Crippen LogP contribution < -0.4 is 10.6 Å². The molecule has 0 spiro atoms. The van der Waals surface area contributed by atoms with Gasteiger partial charge in [0.1, 0.15) is 6.54 Å². The number of nitrogen functional groups attached to an aromatic ring is 1. The van der Waals surface area contributed by atoms with Crippen LogP contribution in [0, 0.1) is 6.92 Å². The molecular formula is C10H14N2O2. The van der Waals surface area contributed by atoms with Crippen molar-refractivity contribution in [2.75, 3.05) is 24.2 Å². The van der Waals surface area contributed by atoms with Crippen LogP contribution in [0.15, 0.2) is 18.2 Å². The Hall–Kier alpha value is -1.71. The quantitative estimate of drug-likeness (QED) is 0.707. The fourth-order valence-electron chi connectivity index (χ4n) is 1.16. The number of hydrogen-bond donors (Lipinski definition) is 2. The summed E-state index contributed by atoms with van der Waals surface area (Å²) in [6.45, 7) is 1.89. The summed E-state index contributed by atoms with van der Waals surface area (Å²) in [4.78, 5) is 12.1. The first-order valence-electron chi connectivity index (χ1n) is 4.30. The van der Waals surface area contributed by atoms with E-state index in [1.165, 1.54) is 0 Å². The molecule has 0 unspecified atom stereocenters. The van der Waals surface area contributed by atoms with Crippen molar-refractivity contribution in [3.05, 3.63) is 23.8 Å². The summed E-state index contributed by atoms with van der Waals surface area (Å²) >= 11 is 0. The number of carboxylic acid groups (broad SMARTS) is 1. The Morgan fingerprint density at radius 2 is 2.21 bits per heavy atom. The normalized spacial score (nSPS) is 9.86. The van der Waals surface area contributed by atoms with Gasteiger partial charge in [-0.1, -0.05) is 6.07 Å². The van der Waals surface area contributed by atoms with Gasteiger partial charge in [0.05, 0.1) is 0 Å². The number of carboxylic acids is 1. The van der Waals surface area contributed by atoms with Gasteiger partial charge in [-0.25, -0.2) is 0 Å². The van der Waals surface area contributed by atoms with Crippen molar-refractivity contribution in [1.29, 1.82) is 0 Å². The summed E-state index contributed by atoms with van der Waals surface area (Å²) in [5.41, 5.74) is 8.21. The monoisotopic (exact) mass is 194 g/mol. The van der Waals surface area contributed by atoms with E-state index in [9.17, 15) is 4.79 Å². The van der Waals surface area contributed by atoms with Crippen molar-refractivity contribution in [1.82, 2.24) is 0 Å². The molecule has 0 saturated carbocycles. The molecule has 0 aliphatic heterocycles. The predicted octanol–water partition coefficient (Wildman–Crippen LogP) is 1.10. The van der Waals surface area contributed by atoms with Crippen LogP contribution in [0.2, 0.25) is 0 Å². The molecule has 0 aliphatic carbocycles. The molecule has 1 rings (SSSR count). The number of likely N-dealkylation sites (N-methyl/N-ethyl adjacent to an activating group) is 1. The topological polar surface area (TPSA) is 66.6 Å². The molecule has 0 aliphatic rings. The third kappa shape index (κ3) is 2.39. The van der Waals surface area contributed by atoms with Crippen molar-refractivity contribution >= 4 is 17.3 Å². The van der Waals surface area contributed by atoms with Crippen LogP contribution in [0.5, 0.6) is 0 Å². The predicted molar refractivity (Wildman–Crippen MR) is 56.5 cm³/mol. The molecule has 1 aromatic carbocycles. The molecule has 0 atom stereocenters. The maximum Gasteiger partial charge on any atom is 0.323 e. The van der Waals surface area contributed by atoms with E-state index in [1.807, 2.05) is 19.1 Å². The van der Waals surface area contributed by atoms with Crippen molar-refractivity contribution < 1.29 is 9.90 Å². The average molecular weight is 194 g/mol. The Morgan fingerprint density at radius 1 is 1.57 bits per heavy atom. The molecule has 1 aromatic rings. The van der Waals surface area contributed by atoms with Crippen LogP contribution in [0.3, 0.4) is 0 Å². The summed E-state index contributed by atoms with van der Waals surface area (Å²) < 4.78 is 0. The Morgan fingerprint density at radius 3 is 2.71 bits per heavy atom. The van der Waals surface area contributed by atoms with E-state index in [1.54, 1.807) is 18.0 Å². The molecule has 0 radical (unpaired) electrons. The Labute approximate surface area is 82.9 Å². The van der Waals surface area contributed by atoms with Gasteiger partial charge in [0, 0.05) is 18.4 Å². The van der Waals surface area contributed by atoms with E-state index in [0.717, 1.165) is 11.3 Å². The van der Waals surface area contributed by atoms with E-state index >= 15 is 0 Å². The van der Waals surface area contributed by atoms with Gasteiger partial charge in [-0.3, -0.25) is 4.79 Å². The van der Waals surface area contributed by atoms with Gasteiger partial charge >= 0.3 is 5.97 Å². The lowest BCUT2D eigenvalue weighted by Crippen LogP contribution is -2.25. The minimum Gasteiger partial charge on any atom is -0.480 e. The first-order valence-corrected chi connectivity index (χ1v) is 4.30. The van der Waals surface area contributed by atoms with Gasteiger partial charge in [0.15, 0.2) is 0 Å². The first kappa shape index (κ1) is 10.4. The second-order valence-electron chi connectivity index (χ2n) is 3.29. The minimum absolute atomic E-state index is 0.0253. The second kappa shape index (κ2) is 4.00. The molecule has 0 heterocycles. The molecule has 0 saturated heterocycles. The van der Waals surface area contributed by atoms with Crippen molar-refractivity contribution in [2.45, 2.75) is 6.92 Å². The Balaban J connectivity index is 2.85. The molecule has 4 nitrogen and oxygen atoms in total. The fraction of sp³-hybridized carbons (Fsp3) is 0.300. The molecule has 0 fully saturated rings. The number of nitrogens with zero attached hydrogens (tertiary/aromatic N) is 1. The highest BCUT2D eigenvalue weighted by Gasteiger charge is 2.06. The van der Waals surface area contributed by atoms with Gasteiger partial charge in [0.25, 0.3) is 0 Å². The fourth-order valence-corrected chi connectivity index (χ4v) is 1.16. The number of aryl methyl sites for hydroxylation is 1. The van der Waals surface area contributed by atoms with Gasteiger partial charge in [-0.05, 0) is 24.6 Å². The van der Waals surface area contributed by atoms with E-state index in [2.05, 4.69) is 0 Å². The van der Waals surface area contributed by atoms with Gasteiger partial charge in [-0.2, -0.15) is 0 Å². The van der Waals surface area contributed by atoms with Gasteiger partial charge in [-0.15, -0.1) is 0 Å². The number of rotatable bonds is 3. The van der Waals surface area contributed by atoms with Crippen LogP contribution in [-0.2, 0) is 4.79 Å². The summed E-state index contributed by atoms with van der Waals surface area (Å²) in [5.74, 6) is -0.855. The van der Waals surface area contributed by atoms with Crippen LogP contribution in [0.1, 0.15) is 5.56 Å². The van der Waals surface area contributed by atoms with E-state index in [-0.39, 0.29) is 6.54 Å². The SMILES string of the molecule is Cc1ccc(N(C)CC(=O)O)cc1N. The molecular weight excluding hydrogens is 180 g/mol. The van der Waals surface area contributed by atoms with Crippen LogP contribution in [-0.4, -0.2) is 24.7 Å². The molecule has 76 valence electrons. The molecule has 0 aromatic heterocycles. The maximum absolute atomic E-state index is 10.5. The number of carbonyl (C=O) groups is 1. The van der Waals surface area contributed by atoms with E-state index < -0.39 is 5.97 Å². The number of hydrogen-bond acceptors (Lipinski definition) is 3. The lowest BCUT2D eigenvalue weighted by Gasteiger charge is -2.17. The van der Waals surface area contributed by atoms with Gasteiger partial charge in [0.2, 0.25) is 0 Å². The zero-order valence-electron chi connectivity index (χ0n) is 8.32. The van der Waals surface area contributed by atoms with E-state index in [0.29, 0.717) is 5.69 Å². The molecule has 3 N–H and O–H groups in total. The van der Waals surface area contributed by atoms with Crippen molar-refractivity contribution in [2.24, 2.45) is 0 Å². The molecule has 0 amide bonds. The minimum atomic E-state index is -0.855. The lowest BCUT2D eigenvalue weighted by molar-refractivity contribution is -0.135. The van der Waals surface area contributed by atoms with Crippen LogP contribution in [0.4, 0.5) is 11.4 Å². The first-order chi connectivity index (χ1) is 6.50. The number of aliphatic carboxylic acids is 1. The molecule has 4 heteroatoms. The summed E-state index contributed by atoms with van der Waals surface area (Å²) in [5, 5.41) is 8.60. The second-order valence-corrected chi connectivity index (χ2v) is 3.29. The summed E-state index contributed by atoms with van der Waals surface area (Å²) in [6, 6.07) is 5.51. The van der Waals surface area contributed by atoms with Crippen molar-refractivity contribution in [3.8, 4) is 0 Å². The number of nitrogens with two attached hydrogens (primary N) is 1. The largest absolute Gasteiger partial charge is 0.480 e. The third-order valence-corrected chi connectivity index (χ3v) is 2.08. The average Bonchev–Trinajstić information content (AvgIpc) is 2.08.